The van der Waals surface area contributed by atoms with Crippen LogP contribution in [0.5, 0.6) is 0 Å². The van der Waals surface area contributed by atoms with Gasteiger partial charge in [0, 0.05) is 5.57 Å². The van der Waals surface area contributed by atoms with Gasteiger partial charge in [0.2, 0.25) is 0 Å². The molecule has 0 spiro atoms. The minimum atomic E-state index is -0.940. The summed E-state index contributed by atoms with van der Waals surface area (Å²) in [6.07, 6.45) is 0.433. The molecule has 0 aromatic heterocycles. The maximum absolute atomic E-state index is 11.6. The second-order valence-corrected chi connectivity index (χ2v) is 5.02. The lowest BCUT2D eigenvalue weighted by molar-refractivity contribution is -0.147. The summed E-state index contributed by atoms with van der Waals surface area (Å²) in [4.78, 5) is 11.9. The van der Waals surface area contributed by atoms with Crippen LogP contribution in [0, 0.1) is 5.41 Å². The van der Waals surface area contributed by atoms with Crippen molar-refractivity contribution in [2.75, 3.05) is 0 Å². The fourth-order valence-electron chi connectivity index (χ4n) is 1.78. The number of rotatable bonds is 7. The number of carbonyl (C=O) groups excluding carboxylic acids is 1. The van der Waals surface area contributed by atoms with Crippen molar-refractivity contribution in [1.82, 2.24) is 0 Å². The molecule has 0 aliphatic carbocycles. The average Bonchev–Trinajstić information content (AvgIpc) is 2.27. The highest BCUT2D eigenvalue weighted by Crippen LogP contribution is 2.32. The van der Waals surface area contributed by atoms with Crippen LogP contribution in [0.25, 0.3) is 0 Å². The maximum atomic E-state index is 11.6. The van der Waals surface area contributed by atoms with Crippen molar-refractivity contribution >= 4 is 40.4 Å². The Kier molecular flexibility index (Phi) is 6.42. The Morgan fingerprint density at radius 3 is 2.00 bits per heavy atom. The molecule has 1 atom stereocenters. The molecule has 4 N–H and O–H groups in total. The van der Waals surface area contributed by atoms with Gasteiger partial charge in [-0.25, -0.2) is 4.79 Å². The topological polar surface area (TPSA) is 78.3 Å². The lowest BCUT2D eigenvalue weighted by Crippen LogP contribution is -2.54. The molecule has 0 aliphatic heterocycles. The second-order valence-electron chi connectivity index (χ2n) is 4.14. The van der Waals surface area contributed by atoms with Gasteiger partial charge in [-0.15, -0.1) is 0 Å². The van der Waals surface area contributed by atoms with Gasteiger partial charge in [-0.2, -0.15) is 0 Å². The molecule has 6 heteroatoms. The van der Waals surface area contributed by atoms with E-state index < -0.39 is 17.5 Å². The van der Waals surface area contributed by atoms with E-state index >= 15 is 0 Å². The van der Waals surface area contributed by atoms with Crippen LogP contribution in [0.3, 0.4) is 0 Å². The molecule has 0 aromatic carbocycles. The molecule has 1 unspecified atom stereocenters. The minimum absolute atomic E-state index is 0.152. The van der Waals surface area contributed by atoms with Crippen LogP contribution in [0.2, 0.25) is 0 Å². The van der Waals surface area contributed by atoms with Crippen LogP contribution in [-0.2, 0) is 9.53 Å². The van der Waals surface area contributed by atoms with E-state index in [4.69, 9.17) is 40.6 Å². The van der Waals surface area contributed by atoms with Gasteiger partial charge in [0.25, 0.3) is 0 Å². The van der Waals surface area contributed by atoms with Crippen molar-refractivity contribution < 1.29 is 9.53 Å². The molecule has 0 fully saturated rings. The normalized spacial score (nSPS) is 12.6. The number of carbonyl (C=O) groups is 1. The number of ether oxygens (including phenoxy) is 1. The van der Waals surface area contributed by atoms with Gasteiger partial charge >= 0.3 is 5.97 Å². The molecular formula is C12H20N2O2S2. The van der Waals surface area contributed by atoms with Crippen molar-refractivity contribution in [2.24, 2.45) is 16.9 Å². The molecule has 4 nitrogen and oxygen atoms in total. The largest absolute Gasteiger partial charge is 0.458 e. The molecule has 0 aromatic rings. The van der Waals surface area contributed by atoms with Gasteiger partial charge in [0.05, 0.1) is 9.98 Å². The lowest BCUT2D eigenvalue weighted by atomic mass is 9.78. The van der Waals surface area contributed by atoms with E-state index in [9.17, 15) is 4.79 Å². The summed E-state index contributed by atoms with van der Waals surface area (Å²) >= 11 is 10.1. The van der Waals surface area contributed by atoms with Crippen LogP contribution in [0.15, 0.2) is 12.2 Å². The third-order valence-electron chi connectivity index (χ3n) is 2.96. The van der Waals surface area contributed by atoms with Gasteiger partial charge in [-0.3, -0.25) is 0 Å². The highest BCUT2D eigenvalue weighted by Gasteiger charge is 2.44. The zero-order valence-electron chi connectivity index (χ0n) is 11.0. The van der Waals surface area contributed by atoms with Crippen LogP contribution >= 0.6 is 24.4 Å². The molecule has 0 rings (SSSR count). The summed E-state index contributed by atoms with van der Waals surface area (Å²) in [5.41, 5.74) is 10.9. The van der Waals surface area contributed by atoms with Crippen LogP contribution in [0.1, 0.15) is 33.6 Å². The zero-order valence-corrected chi connectivity index (χ0v) is 12.6. The van der Waals surface area contributed by atoms with Crippen LogP contribution in [0.4, 0.5) is 0 Å². The Hall–Kier alpha value is -1.01. The maximum Gasteiger partial charge on any atom is 0.333 e. The standard InChI is InChI=1S/C12H20N2O2S2/c1-5-8(16-9(15)7(3)4)12(6-2,10(13)17)11(14)18/h8H,3,5-6H2,1-2,4H3,(H2,13,17)(H2,14,18). The molecule has 0 amide bonds. The monoisotopic (exact) mass is 288 g/mol. The quantitative estimate of drug-likeness (QED) is 0.423. The summed E-state index contributed by atoms with van der Waals surface area (Å²) in [6.45, 7) is 8.83. The first kappa shape index (κ1) is 17.0. The van der Waals surface area contributed by atoms with E-state index in [1.54, 1.807) is 6.92 Å². The van der Waals surface area contributed by atoms with E-state index in [0.717, 1.165) is 0 Å². The van der Waals surface area contributed by atoms with Crippen LogP contribution < -0.4 is 11.5 Å². The van der Waals surface area contributed by atoms with Gasteiger partial charge in [-0.1, -0.05) is 44.9 Å². The van der Waals surface area contributed by atoms with Gasteiger partial charge in [0.1, 0.15) is 11.5 Å². The SMILES string of the molecule is C=C(C)C(=O)OC(CC)C(CC)(C(N)=S)C(N)=S. The van der Waals surface area contributed by atoms with Gasteiger partial charge < -0.3 is 16.2 Å². The number of thiocarbonyl (C=S) groups is 2. The first-order valence-corrected chi connectivity index (χ1v) is 6.51. The Balaban J connectivity index is 5.43. The number of hydrogen-bond donors (Lipinski definition) is 2. The lowest BCUT2D eigenvalue weighted by Gasteiger charge is -2.37. The van der Waals surface area contributed by atoms with E-state index in [1.807, 2.05) is 13.8 Å². The number of nitrogens with two attached hydrogens (primary N) is 2. The highest BCUT2D eigenvalue weighted by atomic mass is 32.1. The molecule has 0 heterocycles. The second kappa shape index (κ2) is 6.80. The van der Waals surface area contributed by atoms with E-state index in [2.05, 4.69) is 6.58 Å². The predicted molar refractivity (Wildman–Crippen MR) is 81.3 cm³/mol. The Bertz CT molecular complexity index is 366. The first-order chi connectivity index (χ1) is 8.23. The van der Waals surface area contributed by atoms with Crippen molar-refractivity contribution in [3.05, 3.63) is 12.2 Å². The molecule has 0 saturated carbocycles. The molecule has 0 saturated heterocycles. The van der Waals surface area contributed by atoms with Crippen molar-refractivity contribution in [3.8, 4) is 0 Å². The smallest absolute Gasteiger partial charge is 0.333 e. The van der Waals surface area contributed by atoms with Crippen LogP contribution in [-0.4, -0.2) is 22.1 Å². The van der Waals surface area contributed by atoms with Crippen molar-refractivity contribution in [3.63, 3.8) is 0 Å². The van der Waals surface area contributed by atoms with E-state index in [-0.39, 0.29) is 9.98 Å². The minimum Gasteiger partial charge on any atom is -0.458 e. The van der Waals surface area contributed by atoms with E-state index in [1.165, 1.54) is 0 Å². The number of esters is 1. The zero-order chi connectivity index (χ0) is 14.5. The molecule has 0 aliphatic rings. The fourth-order valence-corrected chi connectivity index (χ4v) is 2.61. The van der Waals surface area contributed by atoms with Gasteiger partial charge in [-0.05, 0) is 19.8 Å². The Morgan fingerprint density at radius 1 is 1.33 bits per heavy atom. The summed E-state index contributed by atoms with van der Waals surface area (Å²) in [5, 5.41) is 0. The summed E-state index contributed by atoms with van der Waals surface area (Å²) in [7, 11) is 0. The summed E-state index contributed by atoms with van der Waals surface area (Å²) in [6, 6.07) is 0. The Labute approximate surface area is 119 Å². The molecule has 102 valence electrons. The molecule has 0 bridgehead atoms. The first-order valence-electron chi connectivity index (χ1n) is 5.70. The van der Waals surface area contributed by atoms with E-state index in [0.29, 0.717) is 18.4 Å². The predicted octanol–water partition coefficient (Wildman–Crippen LogP) is 1.85. The number of hydrogen-bond acceptors (Lipinski definition) is 4. The molecular weight excluding hydrogens is 268 g/mol. The third kappa shape index (κ3) is 3.26. The van der Waals surface area contributed by atoms with Crippen molar-refractivity contribution in [2.45, 2.75) is 39.7 Å². The molecule has 0 radical (unpaired) electrons. The Morgan fingerprint density at radius 2 is 1.78 bits per heavy atom. The molecule has 18 heavy (non-hydrogen) atoms. The highest BCUT2D eigenvalue weighted by molar-refractivity contribution is 7.82. The van der Waals surface area contributed by atoms with Crippen molar-refractivity contribution in [1.29, 1.82) is 0 Å². The third-order valence-corrected chi connectivity index (χ3v) is 3.68. The summed E-state index contributed by atoms with van der Waals surface area (Å²) < 4.78 is 5.37. The van der Waals surface area contributed by atoms with Gasteiger partial charge in [0.15, 0.2) is 0 Å². The summed E-state index contributed by atoms with van der Waals surface area (Å²) in [5.74, 6) is -0.493. The fraction of sp³-hybridized carbons (Fsp3) is 0.583. The average molecular weight is 288 g/mol.